The summed E-state index contributed by atoms with van der Waals surface area (Å²) in [4.78, 5) is 18.5. The van der Waals surface area contributed by atoms with Crippen LogP contribution in [0.2, 0.25) is 0 Å². The Morgan fingerprint density at radius 2 is 2.11 bits per heavy atom. The molecule has 0 unspecified atom stereocenters. The van der Waals surface area contributed by atoms with E-state index in [0.717, 1.165) is 12.1 Å². The number of benzene rings is 1. The summed E-state index contributed by atoms with van der Waals surface area (Å²) >= 11 is 0. The molecule has 1 aliphatic heterocycles. The van der Waals surface area contributed by atoms with Crippen LogP contribution in [0.25, 0.3) is 5.57 Å². The van der Waals surface area contributed by atoms with E-state index in [4.69, 9.17) is 4.74 Å². The summed E-state index contributed by atoms with van der Waals surface area (Å²) < 4.78 is 19.5. The van der Waals surface area contributed by atoms with Gasteiger partial charge in [-0.3, -0.25) is 0 Å². The quantitative estimate of drug-likeness (QED) is 0.671. The van der Waals surface area contributed by atoms with Gasteiger partial charge in [-0.25, -0.2) is 14.2 Å². The fraction of sp³-hybridized carbons (Fsp3) is 0.364. The van der Waals surface area contributed by atoms with Gasteiger partial charge in [0.15, 0.2) is 5.71 Å². The Balaban J connectivity index is 2.44. The van der Waals surface area contributed by atoms with E-state index in [1.165, 1.54) is 0 Å². The molecule has 27 heavy (non-hydrogen) atoms. The van der Waals surface area contributed by atoms with E-state index in [2.05, 4.69) is 25.4 Å². The van der Waals surface area contributed by atoms with Crippen molar-refractivity contribution in [3.8, 4) is 0 Å². The smallest absolute Gasteiger partial charge is 0.357 e. The zero-order valence-electron chi connectivity index (χ0n) is 16.7. The number of aliphatic imine (C=N–C) groups is 1. The summed E-state index contributed by atoms with van der Waals surface area (Å²) in [6.07, 6.45) is 4.23. The lowest BCUT2D eigenvalue weighted by molar-refractivity contribution is -0.134. The Morgan fingerprint density at radius 1 is 1.41 bits per heavy atom. The third kappa shape index (κ3) is 4.94. The second-order valence-electron chi connectivity index (χ2n) is 6.97. The van der Waals surface area contributed by atoms with Gasteiger partial charge in [0.05, 0.1) is 6.61 Å². The lowest BCUT2D eigenvalue weighted by Crippen LogP contribution is -2.27. The normalized spacial score (nSPS) is 15.7. The average Bonchev–Trinajstić information content (AvgIpc) is 2.60. The summed E-state index contributed by atoms with van der Waals surface area (Å²) in [6, 6.07) is 5.19. The van der Waals surface area contributed by atoms with Gasteiger partial charge in [-0.2, -0.15) is 0 Å². The predicted molar refractivity (Wildman–Crippen MR) is 108 cm³/mol. The summed E-state index contributed by atoms with van der Waals surface area (Å²) in [7, 11) is 1.88. The fourth-order valence-electron chi connectivity index (χ4n) is 2.81. The highest BCUT2D eigenvalue weighted by molar-refractivity contribution is 6.41. The van der Waals surface area contributed by atoms with Crippen LogP contribution in [0, 0.1) is 18.7 Å². The van der Waals surface area contributed by atoms with Crippen LogP contribution >= 0.6 is 0 Å². The van der Waals surface area contributed by atoms with Crippen LogP contribution in [0.5, 0.6) is 0 Å². The van der Waals surface area contributed by atoms with Crippen molar-refractivity contribution in [2.45, 2.75) is 34.1 Å². The van der Waals surface area contributed by atoms with Crippen molar-refractivity contribution in [1.82, 2.24) is 4.90 Å². The van der Waals surface area contributed by atoms with Crippen LogP contribution in [0.4, 0.5) is 4.39 Å². The van der Waals surface area contributed by atoms with E-state index in [0.29, 0.717) is 28.4 Å². The minimum absolute atomic E-state index is 0.245. The number of carbonyl (C=O) groups excluding carboxylic acids is 1. The number of nitrogens with zero attached hydrogens (tertiary/aromatic N) is 2. The van der Waals surface area contributed by atoms with Crippen LogP contribution in [-0.4, -0.2) is 30.2 Å². The van der Waals surface area contributed by atoms with E-state index in [9.17, 15) is 9.18 Å². The van der Waals surface area contributed by atoms with E-state index in [-0.39, 0.29) is 18.1 Å². The van der Waals surface area contributed by atoms with Gasteiger partial charge in [0.2, 0.25) is 0 Å². The van der Waals surface area contributed by atoms with Crippen LogP contribution in [0.3, 0.4) is 0 Å². The molecule has 0 saturated carbocycles. The summed E-state index contributed by atoms with van der Waals surface area (Å²) in [5, 5.41) is 0. The maximum absolute atomic E-state index is 14.4. The van der Waals surface area contributed by atoms with E-state index in [1.807, 2.05) is 11.9 Å². The lowest BCUT2D eigenvalue weighted by Gasteiger charge is -2.28. The average molecular weight is 370 g/mol. The number of aryl methyl sites for hydroxylation is 1. The van der Waals surface area contributed by atoms with Crippen molar-refractivity contribution < 1.29 is 13.9 Å². The zero-order chi connectivity index (χ0) is 20.1. The molecular formula is C22H27FN2O2. The van der Waals surface area contributed by atoms with Crippen LogP contribution < -0.4 is 0 Å². The number of rotatable bonds is 6. The third-order valence-corrected chi connectivity index (χ3v) is 4.26. The monoisotopic (exact) mass is 370 g/mol. The number of halogens is 1. The topological polar surface area (TPSA) is 41.9 Å². The maximum Gasteiger partial charge on any atom is 0.357 e. The molecule has 0 aromatic heterocycles. The SMILES string of the molecule is C=C(/C=C1/N=C(C(=O)OCC)C=C(CC(C)C)N1C)c1cccc(C)c1F. The first-order chi connectivity index (χ1) is 12.7. The van der Waals surface area contributed by atoms with Crippen LogP contribution in [0.15, 0.2) is 53.4 Å². The second-order valence-corrected chi connectivity index (χ2v) is 6.97. The number of esters is 1. The van der Waals surface area contributed by atoms with Crippen molar-refractivity contribution in [2.24, 2.45) is 10.9 Å². The molecule has 2 rings (SSSR count). The molecule has 0 atom stereocenters. The van der Waals surface area contributed by atoms with E-state index in [1.54, 1.807) is 44.2 Å². The molecule has 0 spiro atoms. The molecule has 0 radical (unpaired) electrons. The Morgan fingerprint density at radius 3 is 2.74 bits per heavy atom. The molecule has 0 bridgehead atoms. The van der Waals surface area contributed by atoms with Crippen LogP contribution in [-0.2, 0) is 9.53 Å². The van der Waals surface area contributed by atoms with Crippen molar-refractivity contribution in [2.75, 3.05) is 13.7 Å². The van der Waals surface area contributed by atoms with Gasteiger partial charge in [-0.05, 0) is 49.5 Å². The Bertz CT molecular complexity index is 835. The molecule has 1 aromatic carbocycles. The van der Waals surface area contributed by atoms with Crippen molar-refractivity contribution in [1.29, 1.82) is 0 Å². The number of allylic oxidation sites excluding steroid dienone is 3. The fourth-order valence-corrected chi connectivity index (χ4v) is 2.81. The molecule has 0 amide bonds. The summed E-state index contributed by atoms with van der Waals surface area (Å²) in [5.74, 6) is 0.163. The molecule has 144 valence electrons. The zero-order valence-corrected chi connectivity index (χ0v) is 16.7. The first-order valence-corrected chi connectivity index (χ1v) is 9.10. The second kappa shape index (κ2) is 8.80. The molecule has 4 nitrogen and oxygen atoms in total. The van der Waals surface area contributed by atoms with Crippen LogP contribution in [0.1, 0.15) is 38.3 Å². The number of hydrogen-bond donors (Lipinski definition) is 0. The number of ether oxygens (including phenoxy) is 1. The molecule has 1 aliphatic rings. The lowest BCUT2D eigenvalue weighted by atomic mass is 10.0. The molecule has 5 heteroatoms. The summed E-state index contributed by atoms with van der Waals surface area (Å²) in [5.41, 5.74) is 2.67. The Labute approximate surface area is 160 Å². The van der Waals surface area contributed by atoms with Crippen molar-refractivity contribution >= 4 is 17.3 Å². The maximum atomic E-state index is 14.4. The van der Waals surface area contributed by atoms with Gasteiger partial charge in [-0.1, -0.05) is 38.6 Å². The van der Waals surface area contributed by atoms with Crippen molar-refractivity contribution in [3.63, 3.8) is 0 Å². The number of hydrogen-bond acceptors (Lipinski definition) is 4. The molecule has 1 aromatic rings. The van der Waals surface area contributed by atoms with Gasteiger partial charge >= 0.3 is 5.97 Å². The standard InChI is InChI=1S/C22H27FN2O2/c1-7-27-22(26)19-13-17(11-14(2)3)25(6)20(24-19)12-16(5)18-10-8-9-15(4)21(18)23/h8-10,12-14H,5,7,11H2,1-4,6H3/b20-12-. The molecule has 0 N–H and O–H groups in total. The Hall–Kier alpha value is -2.69. The first-order valence-electron chi connectivity index (χ1n) is 9.10. The van der Waals surface area contributed by atoms with Gasteiger partial charge < -0.3 is 9.64 Å². The minimum Gasteiger partial charge on any atom is -0.461 e. The molecule has 0 aliphatic carbocycles. The van der Waals surface area contributed by atoms with Gasteiger partial charge in [0, 0.05) is 18.3 Å². The minimum atomic E-state index is -0.467. The highest BCUT2D eigenvalue weighted by atomic mass is 19.1. The molecule has 0 fully saturated rings. The summed E-state index contributed by atoms with van der Waals surface area (Å²) in [6.45, 7) is 12.0. The van der Waals surface area contributed by atoms with Gasteiger partial charge in [0.1, 0.15) is 11.6 Å². The van der Waals surface area contributed by atoms with E-state index < -0.39 is 5.97 Å². The van der Waals surface area contributed by atoms with E-state index >= 15 is 0 Å². The highest BCUT2D eigenvalue weighted by Gasteiger charge is 2.22. The van der Waals surface area contributed by atoms with Gasteiger partial charge in [-0.15, -0.1) is 0 Å². The molecule has 1 heterocycles. The number of carbonyl (C=O) groups is 1. The third-order valence-electron chi connectivity index (χ3n) is 4.26. The highest BCUT2D eigenvalue weighted by Crippen LogP contribution is 2.27. The van der Waals surface area contributed by atoms with Gasteiger partial charge in [0.25, 0.3) is 0 Å². The van der Waals surface area contributed by atoms with Crippen molar-refractivity contribution in [3.05, 3.63) is 65.4 Å². The predicted octanol–water partition coefficient (Wildman–Crippen LogP) is 4.87. The Kier molecular flexibility index (Phi) is 6.72. The molecule has 0 saturated heterocycles. The first kappa shape index (κ1) is 20.6. The molecular weight excluding hydrogens is 343 g/mol. The largest absolute Gasteiger partial charge is 0.461 e.